The summed E-state index contributed by atoms with van der Waals surface area (Å²) < 4.78 is 2.13. The van der Waals surface area contributed by atoms with Gasteiger partial charge in [-0.15, -0.1) is 0 Å². The second-order valence-corrected chi connectivity index (χ2v) is 7.49. The minimum absolute atomic E-state index is 0.370. The van der Waals surface area contributed by atoms with Crippen LogP contribution in [0.15, 0.2) is 48.5 Å². The second-order valence-electron chi connectivity index (χ2n) is 7.49. The molecule has 1 N–H and O–H groups in total. The molecule has 0 amide bonds. The number of nitriles is 1. The van der Waals surface area contributed by atoms with E-state index < -0.39 is 0 Å². The Hall–Kier alpha value is -3.10. The summed E-state index contributed by atoms with van der Waals surface area (Å²) in [6, 6.07) is 19.6. The summed E-state index contributed by atoms with van der Waals surface area (Å²) in [7, 11) is 0. The fourth-order valence-electron chi connectivity index (χ4n) is 4.49. The molecule has 0 bridgehead atoms. The number of fused-ring (bicyclic) bond motifs is 5. The van der Waals surface area contributed by atoms with Crippen molar-refractivity contribution in [1.82, 2.24) is 14.7 Å². The molecule has 2 aromatic heterocycles. The van der Waals surface area contributed by atoms with Crippen molar-refractivity contribution in [3.63, 3.8) is 0 Å². The number of hydrogen-bond donors (Lipinski definition) is 1. The van der Waals surface area contributed by atoms with Gasteiger partial charge in [-0.3, -0.25) is 4.40 Å². The zero-order valence-electron chi connectivity index (χ0n) is 15.5. The van der Waals surface area contributed by atoms with Crippen molar-refractivity contribution in [2.75, 3.05) is 18.0 Å². The molecular weight excluding hydrogens is 334 g/mol. The summed E-state index contributed by atoms with van der Waals surface area (Å²) >= 11 is 0. The van der Waals surface area contributed by atoms with E-state index in [1.165, 1.54) is 0 Å². The van der Waals surface area contributed by atoms with Gasteiger partial charge in [0.25, 0.3) is 0 Å². The third kappa shape index (κ3) is 2.37. The van der Waals surface area contributed by atoms with E-state index >= 15 is 0 Å². The monoisotopic (exact) mass is 355 g/mol. The van der Waals surface area contributed by atoms with E-state index in [2.05, 4.69) is 58.8 Å². The maximum Gasteiger partial charge on any atom is 0.158 e. The number of benzene rings is 2. The van der Waals surface area contributed by atoms with Gasteiger partial charge in [-0.2, -0.15) is 5.26 Å². The van der Waals surface area contributed by atoms with Gasteiger partial charge in [0, 0.05) is 30.6 Å². The number of imidazole rings is 1. The number of hydrogen-bond acceptors (Lipinski definition) is 4. The second kappa shape index (κ2) is 5.97. The lowest BCUT2D eigenvalue weighted by Gasteiger charge is -2.38. The normalized spacial score (nSPS) is 20.4. The van der Waals surface area contributed by atoms with E-state index in [1.807, 2.05) is 24.3 Å². The standard InChI is InChI=1S/C22H21N5/c1-14-12-26(13-15(2)24-14)21-16-7-3-5-9-19(16)27-20-10-6-4-8-18(20)25-22(27)17(21)11-23/h3-10,14-15,24H,12-13H2,1-2H3. The first kappa shape index (κ1) is 16.1. The summed E-state index contributed by atoms with van der Waals surface area (Å²) in [4.78, 5) is 7.18. The number of nitrogens with one attached hydrogen (secondary N) is 1. The van der Waals surface area contributed by atoms with Gasteiger partial charge in [0.05, 0.1) is 22.2 Å². The molecular formula is C22H21N5. The molecule has 2 aromatic carbocycles. The average Bonchev–Trinajstić information content (AvgIpc) is 3.05. The van der Waals surface area contributed by atoms with Crippen LogP contribution >= 0.6 is 0 Å². The molecule has 1 aliphatic heterocycles. The quantitative estimate of drug-likeness (QED) is 0.566. The van der Waals surface area contributed by atoms with Crippen LogP contribution in [0.25, 0.3) is 27.6 Å². The first-order valence-corrected chi connectivity index (χ1v) is 9.40. The van der Waals surface area contributed by atoms with Crippen molar-refractivity contribution in [2.45, 2.75) is 25.9 Å². The Kier molecular flexibility index (Phi) is 3.56. The van der Waals surface area contributed by atoms with Crippen molar-refractivity contribution >= 4 is 33.3 Å². The summed E-state index contributed by atoms with van der Waals surface area (Å²) in [6.07, 6.45) is 0. The Balaban J connectivity index is 1.92. The SMILES string of the molecule is CC1CN(c2c(C#N)c3nc4ccccc4n3c3ccccc23)CC(C)N1. The van der Waals surface area contributed by atoms with Gasteiger partial charge < -0.3 is 10.2 Å². The van der Waals surface area contributed by atoms with Crippen molar-refractivity contribution < 1.29 is 0 Å². The number of rotatable bonds is 1. The molecule has 0 aliphatic carbocycles. The van der Waals surface area contributed by atoms with Gasteiger partial charge >= 0.3 is 0 Å². The smallest absolute Gasteiger partial charge is 0.158 e. The number of pyridine rings is 1. The molecule has 1 fully saturated rings. The van der Waals surface area contributed by atoms with Crippen molar-refractivity contribution in [3.8, 4) is 6.07 Å². The third-order valence-corrected chi connectivity index (χ3v) is 5.41. The molecule has 2 atom stereocenters. The van der Waals surface area contributed by atoms with E-state index in [9.17, 15) is 5.26 Å². The summed E-state index contributed by atoms with van der Waals surface area (Å²) in [6.45, 7) is 6.14. The first-order valence-electron chi connectivity index (χ1n) is 9.40. The highest BCUT2D eigenvalue weighted by molar-refractivity contribution is 6.02. The lowest BCUT2D eigenvalue weighted by Crippen LogP contribution is -2.54. The van der Waals surface area contributed by atoms with Crippen LogP contribution in [-0.2, 0) is 0 Å². The Morgan fingerprint density at radius 2 is 1.67 bits per heavy atom. The Morgan fingerprint density at radius 1 is 1.00 bits per heavy atom. The predicted molar refractivity (Wildman–Crippen MR) is 109 cm³/mol. The molecule has 1 saturated heterocycles. The van der Waals surface area contributed by atoms with Crippen LogP contribution in [0.4, 0.5) is 5.69 Å². The summed E-state index contributed by atoms with van der Waals surface area (Å²) in [5.41, 5.74) is 5.45. The lowest BCUT2D eigenvalue weighted by molar-refractivity contribution is 0.407. The number of para-hydroxylation sites is 3. The van der Waals surface area contributed by atoms with Gasteiger partial charge in [0.1, 0.15) is 11.6 Å². The zero-order chi connectivity index (χ0) is 18.5. The van der Waals surface area contributed by atoms with Crippen LogP contribution < -0.4 is 10.2 Å². The molecule has 1 aliphatic rings. The van der Waals surface area contributed by atoms with E-state index in [-0.39, 0.29) is 0 Å². The molecule has 0 saturated carbocycles. The fraction of sp³-hybridized carbons (Fsp3) is 0.273. The number of nitrogens with zero attached hydrogens (tertiary/aromatic N) is 4. The first-order chi connectivity index (χ1) is 13.2. The van der Waals surface area contributed by atoms with Gasteiger partial charge in [-0.1, -0.05) is 30.3 Å². The minimum Gasteiger partial charge on any atom is -0.367 e. The van der Waals surface area contributed by atoms with Crippen molar-refractivity contribution in [2.24, 2.45) is 0 Å². The summed E-state index contributed by atoms with van der Waals surface area (Å²) in [5, 5.41) is 14.8. The van der Waals surface area contributed by atoms with Gasteiger partial charge in [0.15, 0.2) is 5.65 Å². The number of piperazine rings is 1. The number of anilines is 1. The van der Waals surface area contributed by atoms with Gasteiger partial charge in [0.2, 0.25) is 0 Å². The fourth-order valence-corrected chi connectivity index (χ4v) is 4.49. The predicted octanol–water partition coefficient (Wildman–Crippen LogP) is 3.70. The van der Waals surface area contributed by atoms with E-state index in [0.717, 1.165) is 46.4 Å². The Morgan fingerprint density at radius 3 is 2.41 bits per heavy atom. The summed E-state index contributed by atoms with van der Waals surface area (Å²) in [5.74, 6) is 0. The van der Waals surface area contributed by atoms with E-state index in [0.29, 0.717) is 17.6 Å². The third-order valence-electron chi connectivity index (χ3n) is 5.41. The van der Waals surface area contributed by atoms with Crippen LogP contribution in [0.1, 0.15) is 19.4 Å². The Bertz CT molecular complexity index is 1210. The highest BCUT2D eigenvalue weighted by Crippen LogP contribution is 2.36. The van der Waals surface area contributed by atoms with Crippen molar-refractivity contribution in [3.05, 3.63) is 54.1 Å². The minimum atomic E-state index is 0.370. The molecule has 5 rings (SSSR count). The molecule has 2 unspecified atom stereocenters. The highest BCUT2D eigenvalue weighted by atomic mass is 15.2. The number of aromatic nitrogens is 2. The van der Waals surface area contributed by atoms with Crippen LogP contribution in [0.3, 0.4) is 0 Å². The molecule has 5 nitrogen and oxygen atoms in total. The lowest BCUT2D eigenvalue weighted by atomic mass is 10.0. The maximum atomic E-state index is 10.1. The average molecular weight is 355 g/mol. The molecule has 5 heteroatoms. The highest BCUT2D eigenvalue weighted by Gasteiger charge is 2.27. The van der Waals surface area contributed by atoms with Crippen LogP contribution in [0, 0.1) is 11.3 Å². The zero-order valence-corrected chi connectivity index (χ0v) is 15.5. The van der Waals surface area contributed by atoms with Crippen LogP contribution in [-0.4, -0.2) is 34.6 Å². The maximum absolute atomic E-state index is 10.1. The largest absolute Gasteiger partial charge is 0.367 e. The van der Waals surface area contributed by atoms with Crippen LogP contribution in [0.2, 0.25) is 0 Å². The molecule has 27 heavy (non-hydrogen) atoms. The Labute approximate surface area is 157 Å². The van der Waals surface area contributed by atoms with E-state index in [4.69, 9.17) is 4.98 Å². The van der Waals surface area contributed by atoms with Gasteiger partial charge in [-0.25, -0.2) is 4.98 Å². The molecule has 134 valence electrons. The topological polar surface area (TPSA) is 56.4 Å². The van der Waals surface area contributed by atoms with Crippen LogP contribution in [0.5, 0.6) is 0 Å². The van der Waals surface area contributed by atoms with Gasteiger partial charge in [-0.05, 0) is 32.0 Å². The molecule has 0 radical (unpaired) electrons. The molecule has 3 heterocycles. The van der Waals surface area contributed by atoms with E-state index in [1.54, 1.807) is 0 Å². The molecule has 4 aromatic rings. The molecule has 0 spiro atoms. The van der Waals surface area contributed by atoms with Crippen molar-refractivity contribution in [1.29, 1.82) is 5.26 Å².